The minimum absolute atomic E-state index is 0.371. The molecule has 0 aliphatic carbocycles. The van der Waals surface area contributed by atoms with Crippen LogP contribution in [0.3, 0.4) is 0 Å². The number of hydrogen-bond acceptors (Lipinski definition) is 5. The lowest BCUT2D eigenvalue weighted by Crippen LogP contribution is -2.04. The van der Waals surface area contributed by atoms with Gasteiger partial charge >= 0.3 is 0 Å². The molecule has 5 heteroatoms. The maximum atomic E-state index is 11.4. The number of pyridine rings is 2. The SMILES string of the molecule is CCCOc1ccc(/C(C=O)=C(\C)C(C)C)c(C)c1.CCc1ccccn1.CNCc1cccnc1. The molecule has 0 atom stereocenters. The fraction of sp³-hybridized carbons (Fsp3) is 0.387. The molecule has 194 valence electrons. The van der Waals surface area contributed by atoms with Crippen LogP contribution in [0.5, 0.6) is 5.75 Å². The summed E-state index contributed by atoms with van der Waals surface area (Å²) in [5.74, 6) is 1.24. The van der Waals surface area contributed by atoms with Gasteiger partial charge in [-0.3, -0.25) is 14.8 Å². The normalized spacial score (nSPS) is 10.9. The van der Waals surface area contributed by atoms with Crippen LogP contribution >= 0.6 is 0 Å². The third kappa shape index (κ3) is 11.4. The first-order valence-corrected chi connectivity index (χ1v) is 12.7. The molecule has 2 aromatic heterocycles. The van der Waals surface area contributed by atoms with Crippen LogP contribution in [0.15, 0.2) is 72.7 Å². The highest BCUT2D eigenvalue weighted by Gasteiger charge is 2.11. The van der Waals surface area contributed by atoms with Crippen molar-refractivity contribution in [3.8, 4) is 5.75 Å². The van der Waals surface area contributed by atoms with E-state index >= 15 is 0 Å². The van der Waals surface area contributed by atoms with Gasteiger partial charge in [-0.1, -0.05) is 51.5 Å². The van der Waals surface area contributed by atoms with Crippen molar-refractivity contribution in [2.75, 3.05) is 13.7 Å². The summed E-state index contributed by atoms with van der Waals surface area (Å²) >= 11 is 0. The van der Waals surface area contributed by atoms with Crippen LogP contribution < -0.4 is 10.1 Å². The van der Waals surface area contributed by atoms with Gasteiger partial charge in [-0.2, -0.15) is 0 Å². The zero-order valence-corrected chi connectivity index (χ0v) is 23.0. The molecule has 0 spiro atoms. The Balaban J connectivity index is 0.000000313. The summed E-state index contributed by atoms with van der Waals surface area (Å²) in [6, 6.07) is 15.9. The summed E-state index contributed by atoms with van der Waals surface area (Å²) in [5.41, 5.74) is 6.39. The van der Waals surface area contributed by atoms with Gasteiger partial charge in [0.2, 0.25) is 0 Å². The first-order chi connectivity index (χ1) is 17.4. The molecular formula is C31H43N3O2. The van der Waals surface area contributed by atoms with Gasteiger partial charge in [0.05, 0.1) is 6.61 Å². The minimum Gasteiger partial charge on any atom is -0.494 e. The molecule has 3 rings (SSSR count). The topological polar surface area (TPSA) is 64.1 Å². The number of aryl methyl sites for hydroxylation is 2. The van der Waals surface area contributed by atoms with Crippen molar-refractivity contribution in [3.63, 3.8) is 0 Å². The highest BCUT2D eigenvalue weighted by atomic mass is 16.5. The third-order valence-electron chi connectivity index (χ3n) is 5.56. The van der Waals surface area contributed by atoms with Gasteiger partial charge < -0.3 is 10.1 Å². The lowest BCUT2D eigenvalue weighted by Gasteiger charge is -2.14. The van der Waals surface area contributed by atoms with Crippen molar-refractivity contribution < 1.29 is 9.53 Å². The van der Waals surface area contributed by atoms with Crippen molar-refractivity contribution in [2.24, 2.45) is 5.92 Å². The van der Waals surface area contributed by atoms with E-state index in [1.165, 1.54) is 5.56 Å². The Labute approximate surface area is 218 Å². The summed E-state index contributed by atoms with van der Waals surface area (Å²) in [6.07, 6.45) is 8.44. The molecule has 0 fully saturated rings. The molecule has 1 N–H and O–H groups in total. The Morgan fingerprint density at radius 2 is 1.86 bits per heavy atom. The number of ether oxygens (including phenoxy) is 1. The molecule has 0 saturated heterocycles. The summed E-state index contributed by atoms with van der Waals surface area (Å²) in [4.78, 5) is 19.4. The molecule has 0 radical (unpaired) electrons. The standard InChI is InChI=1S/C17H24O2.C7H10N2.C7H9N/c1-6-9-19-15-7-8-16(13(4)10-15)17(11-18)14(5)12(2)3;1-8-5-7-3-2-4-9-6-7;1-2-7-5-3-4-6-8-7/h7-8,10-12H,6,9H2,1-5H3;2-4,6,8H,5H2,1H3;3-6H,2H2,1H3/b17-14+;;. The van der Waals surface area contributed by atoms with Gasteiger partial charge in [0.25, 0.3) is 0 Å². The molecule has 3 aromatic rings. The zero-order valence-electron chi connectivity index (χ0n) is 23.0. The molecule has 0 unspecified atom stereocenters. The lowest BCUT2D eigenvalue weighted by atomic mass is 9.92. The van der Waals surface area contributed by atoms with Crippen LogP contribution in [0.2, 0.25) is 0 Å². The maximum Gasteiger partial charge on any atom is 0.150 e. The number of nitrogens with zero attached hydrogens (tertiary/aromatic N) is 2. The highest BCUT2D eigenvalue weighted by Crippen LogP contribution is 2.27. The summed E-state index contributed by atoms with van der Waals surface area (Å²) in [7, 11) is 1.92. The van der Waals surface area contributed by atoms with E-state index in [2.05, 4.69) is 43.0 Å². The van der Waals surface area contributed by atoms with Crippen LogP contribution in [0, 0.1) is 12.8 Å². The van der Waals surface area contributed by atoms with E-state index in [4.69, 9.17) is 4.74 Å². The number of aromatic nitrogens is 2. The van der Waals surface area contributed by atoms with Crippen molar-refractivity contribution in [1.82, 2.24) is 15.3 Å². The fourth-order valence-corrected chi connectivity index (χ4v) is 3.24. The van der Waals surface area contributed by atoms with E-state index < -0.39 is 0 Å². The van der Waals surface area contributed by atoms with Crippen molar-refractivity contribution in [2.45, 2.75) is 60.9 Å². The zero-order chi connectivity index (χ0) is 26.8. The molecule has 0 amide bonds. The van der Waals surface area contributed by atoms with Gasteiger partial charge in [0.15, 0.2) is 6.29 Å². The van der Waals surface area contributed by atoms with Crippen molar-refractivity contribution in [3.05, 3.63) is 95.1 Å². The van der Waals surface area contributed by atoms with Crippen LogP contribution in [-0.2, 0) is 17.8 Å². The highest BCUT2D eigenvalue weighted by molar-refractivity contribution is 6.08. The average Bonchev–Trinajstić information content (AvgIpc) is 2.91. The van der Waals surface area contributed by atoms with Gasteiger partial charge in [-0.25, -0.2) is 0 Å². The molecule has 0 bridgehead atoms. The van der Waals surface area contributed by atoms with Gasteiger partial charge in [-0.15, -0.1) is 0 Å². The second-order valence-electron chi connectivity index (χ2n) is 8.76. The second kappa shape index (κ2) is 18.0. The minimum atomic E-state index is 0.371. The predicted molar refractivity (Wildman–Crippen MR) is 151 cm³/mol. The van der Waals surface area contributed by atoms with E-state index in [0.717, 1.165) is 66.0 Å². The largest absolute Gasteiger partial charge is 0.494 e. The molecule has 1 aromatic carbocycles. The van der Waals surface area contributed by atoms with Crippen molar-refractivity contribution in [1.29, 1.82) is 0 Å². The molecule has 36 heavy (non-hydrogen) atoms. The lowest BCUT2D eigenvalue weighted by molar-refractivity contribution is -0.103. The number of hydrogen-bond donors (Lipinski definition) is 1. The van der Waals surface area contributed by atoms with Crippen LogP contribution in [0.4, 0.5) is 0 Å². The number of benzene rings is 1. The van der Waals surface area contributed by atoms with Gasteiger partial charge in [0.1, 0.15) is 5.75 Å². The molecular weight excluding hydrogens is 446 g/mol. The van der Waals surface area contributed by atoms with Crippen LogP contribution in [0.25, 0.3) is 5.57 Å². The number of allylic oxidation sites excluding steroid dienone is 2. The molecule has 0 saturated carbocycles. The Morgan fingerprint density at radius 3 is 2.33 bits per heavy atom. The quantitative estimate of drug-likeness (QED) is 0.263. The average molecular weight is 490 g/mol. The Kier molecular flexibility index (Phi) is 15.4. The fourth-order valence-electron chi connectivity index (χ4n) is 3.24. The first-order valence-electron chi connectivity index (χ1n) is 12.7. The summed E-state index contributed by atoms with van der Waals surface area (Å²) < 4.78 is 5.61. The molecule has 0 aliphatic rings. The number of rotatable bonds is 9. The van der Waals surface area contributed by atoms with Crippen LogP contribution in [-0.4, -0.2) is 29.9 Å². The van der Waals surface area contributed by atoms with E-state index in [-0.39, 0.29) is 0 Å². The second-order valence-corrected chi connectivity index (χ2v) is 8.76. The van der Waals surface area contributed by atoms with Gasteiger partial charge in [-0.05, 0) is 86.7 Å². The van der Waals surface area contributed by atoms with Crippen molar-refractivity contribution >= 4 is 11.9 Å². The maximum absolute atomic E-state index is 11.4. The van der Waals surface area contributed by atoms with E-state index in [1.807, 2.05) is 81.8 Å². The summed E-state index contributed by atoms with van der Waals surface area (Å²) in [5, 5.41) is 3.04. The smallest absolute Gasteiger partial charge is 0.150 e. The number of carbonyl (C=O) groups is 1. The number of nitrogens with one attached hydrogen (secondary N) is 1. The van der Waals surface area contributed by atoms with E-state index in [0.29, 0.717) is 5.92 Å². The number of carbonyl (C=O) groups excluding carboxylic acids is 1. The monoisotopic (exact) mass is 489 g/mol. The Bertz CT molecular complexity index is 1030. The first kappa shape index (κ1) is 30.7. The molecule has 5 nitrogen and oxygen atoms in total. The predicted octanol–water partition coefficient (Wildman–Crippen LogP) is 6.86. The number of aldehydes is 1. The molecule has 2 heterocycles. The Hall–Kier alpha value is -3.31. The third-order valence-corrected chi connectivity index (χ3v) is 5.56. The Morgan fingerprint density at radius 1 is 1.08 bits per heavy atom. The van der Waals surface area contributed by atoms with Crippen LogP contribution in [0.1, 0.15) is 63.4 Å². The van der Waals surface area contributed by atoms with Gasteiger partial charge in [0, 0.05) is 36.4 Å². The van der Waals surface area contributed by atoms with E-state index in [1.54, 1.807) is 6.20 Å². The summed E-state index contributed by atoms with van der Waals surface area (Å²) in [6.45, 7) is 14.1. The molecule has 0 aliphatic heterocycles. The van der Waals surface area contributed by atoms with E-state index in [9.17, 15) is 4.79 Å².